The predicted molar refractivity (Wildman–Crippen MR) is 147 cm³/mol. The Hall–Kier alpha value is -1.61. The van der Waals surface area contributed by atoms with E-state index in [-0.39, 0.29) is 35.4 Å². The van der Waals surface area contributed by atoms with Crippen molar-refractivity contribution in [1.82, 2.24) is 0 Å². The second-order valence-corrected chi connectivity index (χ2v) is 48.5. The predicted octanol–water partition coefficient (Wildman–Crippen LogP) is 7.45. The average Bonchev–Trinajstić information content (AvgIpc) is 2.76. The normalized spacial score (nSPS) is 16.1. The molecule has 0 heterocycles. The molecule has 0 amide bonds. The summed E-state index contributed by atoms with van der Waals surface area (Å²) < 4.78 is 207. The number of benzene rings is 2. The fourth-order valence-electron chi connectivity index (χ4n) is 3.97. The minimum absolute atomic E-state index is 0.0151. The fraction of sp³-hybridized carbons (Fsp3) is 0.478. The van der Waals surface area contributed by atoms with E-state index in [4.69, 9.17) is 0 Å². The molecule has 0 radical (unpaired) electrons. The van der Waals surface area contributed by atoms with Crippen molar-refractivity contribution in [1.29, 1.82) is 0 Å². The third-order valence-electron chi connectivity index (χ3n) is 6.11. The van der Waals surface area contributed by atoms with Crippen LogP contribution in [0.5, 0.6) is 0 Å². The summed E-state index contributed by atoms with van der Waals surface area (Å²) in [4.78, 5) is 0. The van der Waals surface area contributed by atoms with Gasteiger partial charge >= 0.3 is 234 Å². The molecule has 0 bridgehead atoms. The number of hydrogen-bond donors (Lipinski definition) is 0. The van der Waals surface area contributed by atoms with E-state index >= 15 is 0 Å². The molecule has 0 saturated heterocycles. The van der Waals surface area contributed by atoms with Crippen LogP contribution in [0.4, 0.5) is 39.5 Å². The zero-order chi connectivity index (χ0) is 33.4. The maximum atomic E-state index is 14.5. The van der Waals surface area contributed by atoms with Crippen LogP contribution < -0.4 is 0 Å². The molecule has 42 heavy (non-hydrogen) atoms. The molecule has 242 valence electrons. The Labute approximate surface area is 233 Å². The van der Waals surface area contributed by atoms with Gasteiger partial charge in [-0.2, -0.15) is 0 Å². The molecule has 0 spiro atoms. The molecule has 0 aliphatic carbocycles. The molecule has 0 aliphatic rings. The third-order valence-corrected chi connectivity index (χ3v) is 66.4. The Kier molecular flexibility index (Phi) is 8.66. The molecule has 6 nitrogen and oxygen atoms in total. The Morgan fingerprint density at radius 1 is 0.429 bits per heavy atom. The van der Waals surface area contributed by atoms with Gasteiger partial charge in [-0.3, -0.25) is 0 Å². The maximum absolute atomic E-state index is 14.5. The van der Waals surface area contributed by atoms with Crippen molar-refractivity contribution in [3.63, 3.8) is 0 Å². The van der Waals surface area contributed by atoms with Gasteiger partial charge in [-0.1, -0.05) is 0 Å². The Morgan fingerprint density at radius 2 is 0.619 bits per heavy atom. The number of alkyl halides is 9. The third kappa shape index (κ3) is 4.49. The van der Waals surface area contributed by atoms with Crippen molar-refractivity contribution >= 4 is 33.9 Å². The second-order valence-electron chi connectivity index (χ2n) is 10.9. The molecule has 0 aromatic heterocycles. The quantitative estimate of drug-likeness (QED) is 0.177. The summed E-state index contributed by atoms with van der Waals surface area (Å²) in [5.41, 5.74) is -23.8. The molecule has 0 N–H and O–H groups in total. The van der Waals surface area contributed by atoms with Crippen LogP contribution in [-0.2, 0) is 31.9 Å². The summed E-state index contributed by atoms with van der Waals surface area (Å²) in [6.07, 6.45) is 0. The Balaban J connectivity index is 3.78. The fourth-order valence-corrected chi connectivity index (χ4v) is 62.7. The van der Waals surface area contributed by atoms with Crippen molar-refractivity contribution in [2.24, 2.45) is 0 Å². The summed E-state index contributed by atoms with van der Waals surface area (Å²) in [7, 11) is -25.4. The van der Waals surface area contributed by atoms with Gasteiger partial charge < -0.3 is 0 Å². The molecule has 0 aliphatic heterocycles. The molecule has 0 fully saturated rings. The van der Waals surface area contributed by atoms with E-state index in [1.165, 1.54) is 41.5 Å². The molecule has 0 unspecified atom stereocenters. The number of hydrogen-bond acceptors (Lipinski definition) is 6. The van der Waals surface area contributed by atoms with Gasteiger partial charge in [0.2, 0.25) is 0 Å². The number of halogens is 10. The first kappa shape index (κ1) is 36.6. The van der Waals surface area contributed by atoms with E-state index < -0.39 is 68.4 Å². The van der Waals surface area contributed by atoms with E-state index in [9.17, 15) is 64.8 Å². The van der Waals surface area contributed by atoms with Crippen LogP contribution in [0.2, 0.25) is 0 Å². The molecule has 2 aromatic carbocycles. The molecule has 2 aromatic rings. The first-order valence-electron chi connectivity index (χ1n) is 11.3. The molecule has 0 atom stereocenters. The summed E-state index contributed by atoms with van der Waals surface area (Å²) in [5.74, 6) is 0. The molecule has 2 rings (SSSR count). The van der Waals surface area contributed by atoms with Gasteiger partial charge in [-0.15, -0.1) is 0 Å². The topological polar surface area (TPSA) is 102 Å². The standard InChI is InChI=1S/C23H26F9IO6S3/c1-19(2,3)15-7-11-17(12-8-15)33(40(34,35)21(24,25)26,41(36,37)22(27,28)29,42(38,39)23(30,31)32)18-13-9-16(10-14-18)20(4,5)6/h7-14H,1-6H3. The van der Waals surface area contributed by atoms with E-state index in [2.05, 4.69) is 0 Å². The van der Waals surface area contributed by atoms with E-state index in [1.807, 2.05) is 0 Å². The van der Waals surface area contributed by atoms with Gasteiger partial charge in [0.05, 0.1) is 0 Å². The van der Waals surface area contributed by atoms with Gasteiger partial charge in [0.25, 0.3) is 0 Å². The van der Waals surface area contributed by atoms with Crippen LogP contribution in [0.3, 0.4) is 0 Å². The molecular weight excluding hydrogens is 766 g/mol. The van der Waals surface area contributed by atoms with Crippen LogP contribution in [0.15, 0.2) is 48.5 Å². The summed E-state index contributed by atoms with van der Waals surface area (Å²) in [6, 6.07) is 2.25. The zero-order valence-electron chi connectivity index (χ0n) is 22.6. The van der Waals surface area contributed by atoms with Gasteiger partial charge in [0, 0.05) is 0 Å². The summed E-state index contributed by atoms with van der Waals surface area (Å²) in [5, 5.41) is 0. The molecular formula is C23H26F9IO6S3. The summed E-state index contributed by atoms with van der Waals surface area (Å²) in [6.45, 7) is 8.68. The van der Waals surface area contributed by atoms with E-state index in [0.29, 0.717) is 24.3 Å². The van der Waals surface area contributed by atoms with Crippen molar-refractivity contribution in [2.45, 2.75) is 68.9 Å². The van der Waals surface area contributed by atoms with Crippen LogP contribution >= 0.6 is 12.9 Å². The zero-order valence-corrected chi connectivity index (χ0v) is 27.2. The molecule has 0 saturated carbocycles. The first-order chi connectivity index (χ1) is 18.3. The number of rotatable bonds is 5. The Morgan fingerprint density at radius 3 is 0.762 bits per heavy atom. The van der Waals surface area contributed by atoms with Crippen molar-refractivity contribution in [3.05, 3.63) is 66.8 Å². The average molecular weight is 793 g/mol. The second kappa shape index (κ2) is 9.95. The van der Waals surface area contributed by atoms with Crippen LogP contribution in [-0.4, -0.2) is 41.8 Å². The van der Waals surface area contributed by atoms with Crippen LogP contribution in [0, 0.1) is 7.14 Å². The van der Waals surface area contributed by atoms with Gasteiger partial charge in [-0.05, 0) is 0 Å². The van der Waals surface area contributed by atoms with Crippen LogP contribution in [0.1, 0.15) is 52.7 Å². The SMILES string of the molecule is CC(C)(C)c1ccc(I(c2ccc(C(C)(C)C)cc2)(S(=O)(=O)C(F)(F)F)(S(=O)(=O)C(F)(F)F)S(=O)(=O)C(F)(F)F)cc1. The van der Waals surface area contributed by atoms with Gasteiger partial charge in [0.1, 0.15) is 0 Å². The molecule has 19 heteroatoms. The van der Waals surface area contributed by atoms with Gasteiger partial charge in [-0.25, -0.2) is 0 Å². The van der Waals surface area contributed by atoms with E-state index in [1.54, 1.807) is 0 Å². The van der Waals surface area contributed by atoms with Crippen molar-refractivity contribution in [3.8, 4) is 0 Å². The Bertz CT molecular complexity index is 1510. The summed E-state index contributed by atoms with van der Waals surface area (Å²) >= 11 is -10.9. The van der Waals surface area contributed by atoms with Crippen LogP contribution in [0.25, 0.3) is 0 Å². The van der Waals surface area contributed by atoms with Gasteiger partial charge in [0.15, 0.2) is 0 Å². The van der Waals surface area contributed by atoms with Crippen molar-refractivity contribution in [2.75, 3.05) is 0 Å². The minimum atomic E-state index is -10.9. The van der Waals surface area contributed by atoms with Crippen molar-refractivity contribution < 1.29 is 64.8 Å². The monoisotopic (exact) mass is 792 g/mol. The van der Waals surface area contributed by atoms with E-state index in [0.717, 1.165) is 0 Å². The first-order valence-corrected chi connectivity index (χ1v) is 25.5.